The summed E-state index contributed by atoms with van der Waals surface area (Å²) >= 11 is 6.23. The van der Waals surface area contributed by atoms with Gasteiger partial charge in [-0.3, -0.25) is 4.90 Å². The number of benzene rings is 2. The van der Waals surface area contributed by atoms with Gasteiger partial charge in [0.2, 0.25) is 5.88 Å². The normalized spacial score (nSPS) is 18.7. The van der Waals surface area contributed by atoms with Crippen LogP contribution < -0.4 is 14.5 Å². The van der Waals surface area contributed by atoms with Gasteiger partial charge in [-0.05, 0) is 90.7 Å². The lowest BCUT2D eigenvalue weighted by Gasteiger charge is -2.38. The predicted molar refractivity (Wildman–Crippen MR) is 228 cm³/mol. The van der Waals surface area contributed by atoms with Gasteiger partial charge in [0.25, 0.3) is 5.92 Å². The number of fused-ring (bicyclic) bond motifs is 2. The molecule has 0 unspecified atom stereocenters. The third-order valence-corrected chi connectivity index (χ3v) is 13.5. The van der Waals surface area contributed by atoms with Gasteiger partial charge >= 0.3 is 5.97 Å². The summed E-state index contributed by atoms with van der Waals surface area (Å²) in [5.41, 5.74) is 6.84. The Bertz CT molecular complexity index is 2110. The average Bonchev–Trinajstić information content (AvgIpc) is 3.51. The molecule has 2 aromatic heterocycles. The summed E-state index contributed by atoms with van der Waals surface area (Å²) in [6.07, 6.45) is 6.24. The fraction of sp³-hybridized carbons (Fsp3) is 0.500. The number of rotatable bonds is 12. The van der Waals surface area contributed by atoms with Crippen molar-refractivity contribution in [3.63, 3.8) is 0 Å². The van der Waals surface area contributed by atoms with Crippen LogP contribution in [0.3, 0.4) is 0 Å². The lowest BCUT2D eigenvalue weighted by molar-refractivity contribution is -0.0286. The summed E-state index contributed by atoms with van der Waals surface area (Å²) in [6.45, 7) is 15.2. The van der Waals surface area contributed by atoms with E-state index >= 15 is 8.78 Å². The number of nitrogens with zero attached hydrogens (tertiary/aromatic N) is 5. The number of methoxy groups -OCH3 is 1. The van der Waals surface area contributed by atoms with Gasteiger partial charge in [-0.2, -0.15) is 4.98 Å². The van der Waals surface area contributed by atoms with Gasteiger partial charge in [-0.15, -0.1) is 0 Å². The number of hydrogen-bond donors (Lipinski definition) is 0. The molecule has 0 atom stereocenters. The van der Waals surface area contributed by atoms with E-state index in [-0.39, 0.29) is 16.9 Å². The molecule has 0 saturated carbocycles. The fourth-order valence-electron chi connectivity index (χ4n) is 8.09. The number of esters is 1. The number of aromatic nitrogens is 2. The summed E-state index contributed by atoms with van der Waals surface area (Å²) < 4.78 is 49.8. The summed E-state index contributed by atoms with van der Waals surface area (Å²) in [5, 5.41) is 1.50. The molecule has 0 spiro atoms. The molecule has 1 fully saturated rings. The van der Waals surface area contributed by atoms with Crippen LogP contribution in [0.15, 0.2) is 66.4 Å². The van der Waals surface area contributed by atoms with Gasteiger partial charge in [0.1, 0.15) is 18.1 Å². The molecule has 0 amide bonds. The van der Waals surface area contributed by atoms with Gasteiger partial charge in [0, 0.05) is 69.7 Å². The zero-order chi connectivity index (χ0) is 40.5. The van der Waals surface area contributed by atoms with Crippen molar-refractivity contribution >= 4 is 59.3 Å². The quantitative estimate of drug-likeness (QED) is 0.0795. The van der Waals surface area contributed by atoms with E-state index in [0.717, 1.165) is 74.1 Å². The average molecular weight is 820 g/mol. The number of carbonyl (C=O) groups excluding carboxylic acids is 1. The highest BCUT2D eigenvalue weighted by atomic mass is 35.5. The number of halogens is 3. The zero-order valence-corrected chi connectivity index (χ0v) is 35.9. The number of carbonyl (C=O) groups is 1. The Balaban J connectivity index is 1.11. The monoisotopic (exact) mass is 819 g/mol. The second kappa shape index (κ2) is 16.7. The molecule has 1 aliphatic carbocycles. The molecule has 4 aromatic rings. The number of hydrogen-bond acceptors (Lipinski definition) is 8. The van der Waals surface area contributed by atoms with Crippen molar-refractivity contribution in [1.29, 1.82) is 0 Å². The Kier molecular flexibility index (Phi) is 12.1. The first kappa shape index (κ1) is 41.2. The zero-order valence-electron chi connectivity index (χ0n) is 34.2. The van der Waals surface area contributed by atoms with Crippen molar-refractivity contribution in [1.82, 2.24) is 14.5 Å². The molecule has 0 N–H and O–H groups in total. The molecule has 13 heteroatoms. The molecule has 9 nitrogen and oxygen atoms in total. The van der Waals surface area contributed by atoms with E-state index in [1.807, 2.05) is 47.2 Å². The fourth-order valence-corrected chi connectivity index (χ4v) is 8.97. The molecular formula is C44H56ClF2N5O4Si. The Labute approximate surface area is 341 Å². The van der Waals surface area contributed by atoms with Gasteiger partial charge in [-0.1, -0.05) is 62.8 Å². The van der Waals surface area contributed by atoms with Crippen LogP contribution in [0.25, 0.3) is 16.6 Å². The summed E-state index contributed by atoms with van der Waals surface area (Å²) in [5.74, 6) is -3.76. The molecule has 0 bridgehead atoms. The summed E-state index contributed by atoms with van der Waals surface area (Å²) in [4.78, 5) is 24.2. The van der Waals surface area contributed by atoms with Crippen molar-refractivity contribution in [3.8, 4) is 5.88 Å². The van der Waals surface area contributed by atoms with E-state index < -0.39 is 33.1 Å². The molecule has 4 heterocycles. The first-order valence-electron chi connectivity index (χ1n) is 20.1. The molecular weight excluding hydrogens is 764 g/mol. The lowest BCUT2D eigenvalue weighted by atomic mass is 9.72. The Morgan fingerprint density at radius 2 is 1.75 bits per heavy atom. The maximum atomic E-state index is 15.6. The van der Waals surface area contributed by atoms with E-state index in [1.54, 1.807) is 6.07 Å². The Morgan fingerprint density at radius 3 is 2.47 bits per heavy atom. The SMILES string of the molecule is COC(=O)c1ccc(N2CCN(CCC3=C(c4ccc(Cl)cc4)CC(C)(C)CC3)CC2)cc1N1CC(F)(F)COc2nc3c(ccn3COCC[Si](C)(C)C)cc21. The van der Waals surface area contributed by atoms with E-state index in [0.29, 0.717) is 30.4 Å². The molecule has 306 valence electrons. The summed E-state index contributed by atoms with van der Waals surface area (Å²) in [6, 6.07) is 18.4. The van der Waals surface area contributed by atoms with Gasteiger partial charge in [0.05, 0.1) is 24.9 Å². The highest BCUT2D eigenvalue weighted by Crippen LogP contribution is 2.45. The van der Waals surface area contributed by atoms with Crippen LogP contribution in [-0.4, -0.2) is 94.0 Å². The molecule has 2 aromatic carbocycles. The maximum Gasteiger partial charge on any atom is 0.339 e. The molecule has 3 aliphatic rings. The third kappa shape index (κ3) is 9.84. The number of ether oxygens (including phenoxy) is 3. The van der Waals surface area contributed by atoms with Gasteiger partial charge in [0.15, 0.2) is 6.61 Å². The third-order valence-electron chi connectivity index (χ3n) is 11.5. The van der Waals surface area contributed by atoms with Crippen LogP contribution in [0.1, 0.15) is 55.5 Å². The number of pyridine rings is 1. The Morgan fingerprint density at radius 1 is 1.00 bits per heavy atom. The van der Waals surface area contributed by atoms with Crippen LogP contribution >= 0.6 is 11.6 Å². The van der Waals surface area contributed by atoms with Crippen molar-refractivity contribution in [3.05, 3.63) is 82.5 Å². The molecule has 2 aliphatic heterocycles. The van der Waals surface area contributed by atoms with Crippen LogP contribution in [0.5, 0.6) is 5.88 Å². The van der Waals surface area contributed by atoms with E-state index in [4.69, 9.17) is 30.8 Å². The largest absolute Gasteiger partial charge is 0.470 e. The Hall–Kier alpha value is -3.97. The van der Waals surface area contributed by atoms with Gasteiger partial charge < -0.3 is 28.6 Å². The van der Waals surface area contributed by atoms with Crippen molar-refractivity contribution in [2.45, 2.75) is 77.9 Å². The van der Waals surface area contributed by atoms with Gasteiger partial charge in [-0.25, -0.2) is 13.6 Å². The maximum absolute atomic E-state index is 15.6. The predicted octanol–water partition coefficient (Wildman–Crippen LogP) is 10.1. The number of alkyl halides is 2. The van der Waals surface area contributed by atoms with Crippen molar-refractivity contribution < 1.29 is 27.8 Å². The first-order chi connectivity index (χ1) is 27.1. The molecule has 0 radical (unpaired) electrons. The molecule has 57 heavy (non-hydrogen) atoms. The minimum Gasteiger partial charge on any atom is -0.470 e. The van der Waals surface area contributed by atoms with E-state index in [9.17, 15) is 4.79 Å². The number of piperazine rings is 1. The van der Waals surface area contributed by atoms with Crippen LogP contribution in [-0.2, 0) is 16.2 Å². The highest BCUT2D eigenvalue weighted by Gasteiger charge is 2.40. The van der Waals surface area contributed by atoms with Crippen molar-refractivity contribution in [2.24, 2.45) is 5.41 Å². The first-order valence-corrected chi connectivity index (χ1v) is 24.2. The smallest absolute Gasteiger partial charge is 0.339 e. The van der Waals surface area contributed by atoms with E-state index in [2.05, 4.69) is 55.4 Å². The van der Waals surface area contributed by atoms with Crippen LogP contribution in [0.4, 0.5) is 25.8 Å². The highest BCUT2D eigenvalue weighted by molar-refractivity contribution is 6.76. The van der Waals surface area contributed by atoms with Crippen LogP contribution in [0.2, 0.25) is 30.7 Å². The van der Waals surface area contributed by atoms with Crippen LogP contribution in [0, 0.1) is 5.41 Å². The minimum atomic E-state index is -3.23. The number of allylic oxidation sites excluding steroid dienone is 1. The van der Waals surface area contributed by atoms with E-state index in [1.165, 1.54) is 35.1 Å². The summed E-state index contributed by atoms with van der Waals surface area (Å²) in [7, 11) is 0.0395. The molecule has 1 saturated heterocycles. The standard InChI is InChI=1S/C44H56ClF2N5O4Si/c1-43(2)16-13-32(37(27-43)31-7-9-34(45)10-8-31)14-17-49-19-21-50(22-20-49)35-11-12-36(42(53)54-3)38(26-35)52-28-44(46,47)29-56-41-39(52)25-33-15-18-51(40(33)48-41)30-55-23-24-57(4,5)6/h7-12,15,18,25-26H,13-14,16-17,19-24,27-30H2,1-6H3. The lowest BCUT2D eigenvalue weighted by Crippen LogP contribution is -2.46. The molecule has 7 rings (SSSR count). The second-order valence-corrected chi connectivity index (χ2v) is 23.8. The second-order valence-electron chi connectivity index (χ2n) is 17.8. The number of anilines is 3. The minimum absolute atomic E-state index is 0.0763. The topological polar surface area (TPSA) is 72.3 Å². The van der Waals surface area contributed by atoms with Crippen molar-refractivity contribution in [2.75, 3.05) is 69.4 Å².